The van der Waals surface area contributed by atoms with E-state index in [1.807, 2.05) is 17.4 Å². The molecule has 1 heterocycles. The van der Waals surface area contributed by atoms with Crippen LogP contribution in [-0.2, 0) is 6.42 Å². The van der Waals surface area contributed by atoms with E-state index in [-0.39, 0.29) is 0 Å². The monoisotopic (exact) mass is 283 g/mol. The Morgan fingerprint density at radius 1 is 1.17 bits per heavy atom. The van der Waals surface area contributed by atoms with E-state index < -0.39 is 0 Å². The van der Waals surface area contributed by atoms with Crippen LogP contribution >= 0.6 is 22.9 Å². The Bertz CT molecular complexity index is 386. The van der Waals surface area contributed by atoms with Crippen molar-refractivity contribution in [2.45, 2.75) is 51.0 Å². The van der Waals surface area contributed by atoms with E-state index >= 15 is 0 Å². The molecule has 1 aromatic heterocycles. The van der Waals surface area contributed by atoms with E-state index in [9.17, 15) is 0 Å². The first-order valence-electron chi connectivity index (χ1n) is 7.28. The summed E-state index contributed by atoms with van der Waals surface area (Å²) in [7, 11) is 0. The van der Waals surface area contributed by atoms with Crippen LogP contribution in [-0.4, -0.2) is 12.6 Å². The largest absolute Gasteiger partial charge is 0.314 e. The third kappa shape index (κ3) is 3.28. The van der Waals surface area contributed by atoms with E-state index in [0.29, 0.717) is 0 Å². The number of nitrogens with one attached hydrogen (secondary N) is 1. The first-order chi connectivity index (χ1) is 8.83. The zero-order valence-corrected chi connectivity index (χ0v) is 12.4. The highest BCUT2D eigenvalue weighted by atomic mass is 35.5. The Kier molecular flexibility index (Phi) is 4.27. The van der Waals surface area contributed by atoms with Crippen LogP contribution < -0.4 is 5.32 Å². The molecule has 2 aliphatic rings. The molecule has 3 heteroatoms. The van der Waals surface area contributed by atoms with Gasteiger partial charge in [0.2, 0.25) is 0 Å². The van der Waals surface area contributed by atoms with Crippen LogP contribution in [0, 0.1) is 11.8 Å². The molecule has 2 atom stereocenters. The van der Waals surface area contributed by atoms with Crippen molar-refractivity contribution in [3.05, 3.63) is 21.3 Å². The highest BCUT2D eigenvalue weighted by Gasteiger charge is 2.28. The molecule has 0 saturated heterocycles. The van der Waals surface area contributed by atoms with Crippen molar-refractivity contribution in [3.8, 4) is 0 Å². The van der Waals surface area contributed by atoms with Gasteiger partial charge < -0.3 is 5.32 Å². The molecule has 1 N–H and O–H groups in total. The van der Waals surface area contributed by atoms with Crippen molar-refractivity contribution in [2.75, 3.05) is 6.54 Å². The Labute approximate surface area is 119 Å². The average Bonchev–Trinajstić information content (AvgIpc) is 3.13. The third-order valence-electron chi connectivity index (χ3n) is 4.45. The predicted molar refractivity (Wildman–Crippen MR) is 79.5 cm³/mol. The SMILES string of the molecule is Clc1ccsc1CC1CCCCC1CNC1CC1. The maximum Gasteiger partial charge on any atom is 0.0545 e. The Balaban J connectivity index is 1.58. The summed E-state index contributed by atoms with van der Waals surface area (Å²) in [5, 5.41) is 6.83. The number of hydrogen-bond acceptors (Lipinski definition) is 2. The summed E-state index contributed by atoms with van der Waals surface area (Å²) in [5.74, 6) is 1.72. The molecule has 100 valence electrons. The van der Waals surface area contributed by atoms with Crippen molar-refractivity contribution in [2.24, 2.45) is 11.8 Å². The average molecular weight is 284 g/mol. The van der Waals surface area contributed by atoms with Gasteiger partial charge in [-0.3, -0.25) is 0 Å². The summed E-state index contributed by atoms with van der Waals surface area (Å²) in [6.07, 6.45) is 9.63. The fourth-order valence-corrected chi connectivity index (χ4v) is 4.34. The smallest absolute Gasteiger partial charge is 0.0545 e. The van der Waals surface area contributed by atoms with Crippen molar-refractivity contribution in [1.29, 1.82) is 0 Å². The minimum Gasteiger partial charge on any atom is -0.314 e. The van der Waals surface area contributed by atoms with Crippen LogP contribution in [0.15, 0.2) is 11.4 Å². The normalized spacial score (nSPS) is 28.5. The first kappa shape index (κ1) is 13.0. The van der Waals surface area contributed by atoms with E-state index in [1.165, 1.54) is 56.4 Å². The second kappa shape index (κ2) is 5.94. The molecule has 2 fully saturated rings. The van der Waals surface area contributed by atoms with Gasteiger partial charge in [0.15, 0.2) is 0 Å². The quantitative estimate of drug-likeness (QED) is 0.839. The van der Waals surface area contributed by atoms with Gasteiger partial charge in [-0.25, -0.2) is 0 Å². The Morgan fingerprint density at radius 3 is 2.61 bits per heavy atom. The van der Waals surface area contributed by atoms with Gasteiger partial charge in [0.05, 0.1) is 5.02 Å². The number of thiophene rings is 1. The summed E-state index contributed by atoms with van der Waals surface area (Å²) in [4.78, 5) is 1.40. The van der Waals surface area contributed by atoms with E-state index in [2.05, 4.69) is 10.7 Å². The number of halogens is 1. The van der Waals surface area contributed by atoms with Gasteiger partial charge >= 0.3 is 0 Å². The van der Waals surface area contributed by atoms with Crippen molar-refractivity contribution in [3.63, 3.8) is 0 Å². The van der Waals surface area contributed by atoms with Crippen LogP contribution in [0.25, 0.3) is 0 Å². The highest BCUT2D eigenvalue weighted by molar-refractivity contribution is 7.10. The van der Waals surface area contributed by atoms with Gasteiger partial charge in [-0.05, 0) is 61.9 Å². The second-order valence-electron chi connectivity index (χ2n) is 5.88. The molecule has 0 bridgehead atoms. The van der Waals surface area contributed by atoms with Crippen LogP contribution in [0.4, 0.5) is 0 Å². The number of rotatable bonds is 5. The molecule has 1 aromatic rings. The lowest BCUT2D eigenvalue weighted by atomic mass is 9.77. The molecule has 2 unspecified atom stereocenters. The fraction of sp³-hybridized carbons (Fsp3) is 0.733. The molecule has 3 rings (SSSR count). The van der Waals surface area contributed by atoms with E-state index in [4.69, 9.17) is 11.6 Å². The summed E-state index contributed by atoms with van der Waals surface area (Å²) in [6, 6.07) is 2.89. The lowest BCUT2D eigenvalue weighted by Crippen LogP contribution is -2.32. The van der Waals surface area contributed by atoms with Gasteiger partial charge in [-0.15, -0.1) is 11.3 Å². The van der Waals surface area contributed by atoms with Gasteiger partial charge in [0.25, 0.3) is 0 Å². The molecule has 0 radical (unpaired) electrons. The van der Waals surface area contributed by atoms with Gasteiger partial charge in [-0.2, -0.15) is 0 Å². The lowest BCUT2D eigenvalue weighted by Gasteiger charge is -2.31. The molecule has 18 heavy (non-hydrogen) atoms. The number of hydrogen-bond donors (Lipinski definition) is 1. The first-order valence-corrected chi connectivity index (χ1v) is 8.54. The van der Waals surface area contributed by atoms with Crippen molar-refractivity contribution < 1.29 is 0 Å². The van der Waals surface area contributed by atoms with Crippen LogP contribution in [0.5, 0.6) is 0 Å². The maximum absolute atomic E-state index is 6.24. The van der Waals surface area contributed by atoms with Gasteiger partial charge in [-0.1, -0.05) is 24.4 Å². The van der Waals surface area contributed by atoms with Crippen LogP contribution in [0.3, 0.4) is 0 Å². The lowest BCUT2D eigenvalue weighted by molar-refractivity contribution is 0.229. The molecule has 1 nitrogen and oxygen atoms in total. The second-order valence-corrected chi connectivity index (χ2v) is 7.29. The molecule has 2 saturated carbocycles. The zero-order chi connectivity index (χ0) is 12.4. The fourth-order valence-electron chi connectivity index (χ4n) is 3.14. The molecule has 2 aliphatic carbocycles. The summed E-state index contributed by atoms with van der Waals surface area (Å²) in [5.41, 5.74) is 0. The third-order valence-corrected chi connectivity index (χ3v) is 5.86. The van der Waals surface area contributed by atoms with Gasteiger partial charge in [0, 0.05) is 10.9 Å². The minimum absolute atomic E-state index is 0.845. The molecule has 0 amide bonds. The Hall–Kier alpha value is -0.0500. The molecular weight excluding hydrogens is 262 g/mol. The topological polar surface area (TPSA) is 12.0 Å². The van der Waals surface area contributed by atoms with Crippen molar-refractivity contribution >= 4 is 22.9 Å². The Morgan fingerprint density at radius 2 is 1.94 bits per heavy atom. The summed E-state index contributed by atoms with van der Waals surface area (Å²) in [6.45, 7) is 1.23. The van der Waals surface area contributed by atoms with E-state index in [0.717, 1.165) is 22.9 Å². The standard InChI is InChI=1S/C15H22ClNS/c16-14-7-8-18-15(14)9-11-3-1-2-4-12(11)10-17-13-5-6-13/h7-8,11-13,17H,1-6,9-10H2. The highest BCUT2D eigenvalue weighted by Crippen LogP contribution is 2.35. The van der Waals surface area contributed by atoms with Gasteiger partial charge in [0.1, 0.15) is 0 Å². The van der Waals surface area contributed by atoms with Crippen LogP contribution in [0.1, 0.15) is 43.4 Å². The maximum atomic E-state index is 6.24. The summed E-state index contributed by atoms with van der Waals surface area (Å²) < 4.78 is 0. The zero-order valence-electron chi connectivity index (χ0n) is 10.8. The molecule has 0 aliphatic heterocycles. The predicted octanol–water partition coefficient (Wildman–Crippen LogP) is 4.50. The summed E-state index contributed by atoms with van der Waals surface area (Å²) >= 11 is 8.07. The minimum atomic E-state index is 0.845. The molecular formula is C15H22ClNS. The van der Waals surface area contributed by atoms with Crippen LogP contribution in [0.2, 0.25) is 5.02 Å². The van der Waals surface area contributed by atoms with Crippen molar-refractivity contribution in [1.82, 2.24) is 5.32 Å². The van der Waals surface area contributed by atoms with E-state index in [1.54, 1.807) is 0 Å². The molecule has 0 spiro atoms. The molecule has 0 aromatic carbocycles.